The molecule has 0 aliphatic carbocycles. The van der Waals surface area contributed by atoms with Crippen LogP contribution in [-0.2, 0) is 24.9 Å². The number of imidazole rings is 1. The summed E-state index contributed by atoms with van der Waals surface area (Å²) in [4.78, 5) is 15.7. The molecule has 0 atom stereocenters. The van der Waals surface area contributed by atoms with Crippen molar-refractivity contribution in [1.82, 2.24) is 19.4 Å². The number of rotatable bonds is 6. The van der Waals surface area contributed by atoms with E-state index in [4.69, 9.17) is 0 Å². The van der Waals surface area contributed by atoms with E-state index in [2.05, 4.69) is 27.9 Å². The van der Waals surface area contributed by atoms with E-state index < -0.39 is 0 Å². The smallest absolute Gasteiger partial charge is 0.220 e. The Labute approximate surface area is 113 Å². The van der Waals surface area contributed by atoms with Gasteiger partial charge in [0.15, 0.2) is 0 Å². The van der Waals surface area contributed by atoms with Gasteiger partial charge >= 0.3 is 0 Å². The molecule has 0 bridgehead atoms. The van der Waals surface area contributed by atoms with Gasteiger partial charge in [-0.3, -0.25) is 4.79 Å². The number of carbonyl (C=O) groups is 1. The SMILES string of the molecule is Cc1ccc(CNC(=O)CCCn2ccnc2)n1C. The third-order valence-corrected chi connectivity index (χ3v) is 3.32. The summed E-state index contributed by atoms with van der Waals surface area (Å²) in [5.41, 5.74) is 2.32. The van der Waals surface area contributed by atoms with Gasteiger partial charge in [0.05, 0.1) is 12.9 Å². The fourth-order valence-electron chi connectivity index (χ4n) is 1.96. The molecule has 1 amide bonds. The predicted molar refractivity (Wildman–Crippen MR) is 73.5 cm³/mol. The first-order chi connectivity index (χ1) is 9.16. The number of aromatic nitrogens is 3. The second kappa shape index (κ2) is 6.22. The number of aryl methyl sites for hydroxylation is 2. The van der Waals surface area contributed by atoms with Crippen LogP contribution in [0.3, 0.4) is 0 Å². The van der Waals surface area contributed by atoms with Gasteiger partial charge in [-0.15, -0.1) is 0 Å². The molecule has 2 heterocycles. The van der Waals surface area contributed by atoms with Gasteiger partial charge in [-0.25, -0.2) is 4.98 Å². The molecule has 0 fully saturated rings. The second-order valence-corrected chi connectivity index (χ2v) is 4.71. The van der Waals surface area contributed by atoms with Crippen molar-refractivity contribution in [3.63, 3.8) is 0 Å². The largest absolute Gasteiger partial charge is 0.351 e. The minimum atomic E-state index is 0.0963. The van der Waals surface area contributed by atoms with Gasteiger partial charge in [0.25, 0.3) is 0 Å². The molecular weight excluding hydrogens is 240 g/mol. The van der Waals surface area contributed by atoms with Gasteiger partial charge in [-0.2, -0.15) is 0 Å². The van der Waals surface area contributed by atoms with Crippen molar-refractivity contribution in [1.29, 1.82) is 0 Å². The molecule has 102 valence electrons. The van der Waals surface area contributed by atoms with Crippen molar-refractivity contribution in [2.45, 2.75) is 32.9 Å². The van der Waals surface area contributed by atoms with Crippen LogP contribution in [0.15, 0.2) is 30.9 Å². The van der Waals surface area contributed by atoms with E-state index in [1.165, 1.54) is 5.69 Å². The molecule has 5 nitrogen and oxygen atoms in total. The Bertz CT molecular complexity index is 528. The monoisotopic (exact) mass is 260 g/mol. The van der Waals surface area contributed by atoms with Crippen LogP contribution in [0.25, 0.3) is 0 Å². The molecule has 5 heteroatoms. The van der Waals surface area contributed by atoms with Crippen LogP contribution < -0.4 is 5.32 Å². The Hall–Kier alpha value is -2.04. The summed E-state index contributed by atoms with van der Waals surface area (Å²) in [5.74, 6) is 0.0963. The Balaban J connectivity index is 1.68. The van der Waals surface area contributed by atoms with Gasteiger partial charge in [-0.1, -0.05) is 0 Å². The Kier molecular flexibility index (Phi) is 4.39. The van der Waals surface area contributed by atoms with Crippen LogP contribution in [0.2, 0.25) is 0 Å². The summed E-state index contributed by atoms with van der Waals surface area (Å²) in [6, 6.07) is 4.10. The quantitative estimate of drug-likeness (QED) is 0.858. The summed E-state index contributed by atoms with van der Waals surface area (Å²) in [6.07, 6.45) is 6.79. The summed E-state index contributed by atoms with van der Waals surface area (Å²) in [6.45, 7) is 3.47. The molecule has 2 aromatic rings. The maximum atomic E-state index is 11.7. The van der Waals surface area contributed by atoms with Gasteiger partial charge in [0.2, 0.25) is 5.91 Å². The number of hydrogen-bond acceptors (Lipinski definition) is 2. The number of hydrogen-bond donors (Lipinski definition) is 1. The topological polar surface area (TPSA) is 51.9 Å². The summed E-state index contributed by atoms with van der Waals surface area (Å²) in [5, 5.41) is 2.95. The van der Waals surface area contributed by atoms with E-state index in [1.807, 2.05) is 23.9 Å². The van der Waals surface area contributed by atoms with Crippen LogP contribution in [0, 0.1) is 6.92 Å². The highest BCUT2D eigenvalue weighted by Gasteiger charge is 2.04. The third-order valence-electron chi connectivity index (χ3n) is 3.32. The highest BCUT2D eigenvalue weighted by Crippen LogP contribution is 2.05. The third kappa shape index (κ3) is 3.71. The molecule has 1 N–H and O–H groups in total. The highest BCUT2D eigenvalue weighted by atomic mass is 16.1. The predicted octanol–water partition coefficient (Wildman–Crippen LogP) is 1.63. The van der Waals surface area contributed by atoms with Crippen molar-refractivity contribution in [2.75, 3.05) is 0 Å². The molecule has 2 rings (SSSR count). The number of carbonyl (C=O) groups excluding carboxylic acids is 1. The first-order valence-electron chi connectivity index (χ1n) is 6.50. The minimum Gasteiger partial charge on any atom is -0.351 e. The van der Waals surface area contributed by atoms with E-state index in [0.717, 1.165) is 18.7 Å². The minimum absolute atomic E-state index is 0.0963. The first kappa shape index (κ1) is 13.4. The van der Waals surface area contributed by atoms with Crippen LogP contribution in [0.1, 0.15) is 24.2 Å². The zero-order valence-corrected chi connectivity index (χ0v) is 11.5. The summed E-state index contributed by atoms with van der Waals surface area (Å²) in [7, 11) is 2.01. The molecule has 0 aromatic carbocycles. The van der Waals surface area contributed by atoms with Crippen molar-refractivity contribution in [3.8, 4) is 0 Å². The molecule has 0 spiro atoms. The van der Waals surface area contributed by atoms with Gasteiger partial charge < -0.3 is 14.5 Å². The lowest BCUT2D eigenvalue weighted by molar-refractivity contribution is -0.121. The molecular formula is C14H20N4O. The Morgan fingerprint density at radius 1 is 1.42 bits per heavy atom. The van der Waals surface area contributed by atoms with Crippen LogP contribution in [0.4, 0.5) is 0 Å². The van der Waals surface area contributed by atoms with E-state index in [1.54, 1.807) is 12.5 Å². The average molecular weight is 260 g/mol. The first-order valence-corrected chi connectivity index (χ1v) is 6.50. The lowest BCUT2D eigenvalue weighted by Crippen LogP contribution is -2.24. The van der Waals surface area contributed by atoms with Gasteiger partial charge in [0.1, 0.15) is 0 Å². The Morgan fingerprint density at radius 2 is 2.26 bits per heavy atom. The van der Waals surface area contributed by atoms with Crippen molar-refractivity contribution >= 4 is 5.91 Å². The Morgan fingerprint density at radius 3 is 2.89 bits per heavy atom. The van der Waals surface area contributed by atoms with Crippen molar-refractivity contribution < 1.29 is 4.79 Å². The standard InChI is InChI=1S/C14H20N4O/c1-12-5-6-13(17(12)2)10-16-14(19)4-3-8-18-9-7-15-11-18/h5-7,9,11H,3-4,8,10H2,1-2H3,(H,16,19). The molecule has 0 radical (unpaired) electrons. The number of nitrogens with zero attached hydrogens (tertiary/aromatic N) is 3. The molecule has 0 aliphatic rings. The second-order valence-electron chi connectivity index (χ2n) is 4.71. The summed E-state index contributed by atoms with van der Waals surface area (Å²) >= 11 is 0. The fourth-order valence-corrected chi connectivity index (χ4v) is 1.96. The normalized spacial score (nSPS) is 10.6. The van der Waals surface area contributed by atoms with Gasteiger partial charge in [0, 0.05) is 43.8 Å². The highest BCUT2D eigenvalue weighted by molar-refractivity contribution is 5.75. The maximum absolute atomic E-state index is 11.7. The molecule has 0 aliphatic heterocycles. The van der Waals surface area contributed by atoms with Crippen molar-refractivity contribution in [3.05, 3.63) is 42.2 Å². The fraction of sp³-hybridized carbons (Fsp3) is 0.429. The van der Waals surface area contributed by atoms with E-state index in [0.29, 0.717) is 13.0 Å². The van der Waals surface area contributed by atoms with E-state index in [-0.39, 0.29) is 5.91 Å². The van der Waals surface area contributed by atoms with E-state index in [9.17, 15) is 4.79 Å². The zero-order chi connectivity index (χ0) is 13.7. The van der Waals surface area contributed by atoms with Crippen LogP contribution in [0.5, 0.6) is 0 Å². The zero-order valence-electron chi connectivity index (χ0n) is 11.5. The number of amides is 1. The molecule has 0 saturated carbocycles. The molecule has 19 heavy (non-hydrogen) atoms. The lowest BCUT2D eigenvalue weighted by Gasteiger charge is -2.07. The van der Waals surface area contributed by atoms with Crippen LogP contribution in [-0.4, -0.2) is 20.0 Å². The molecule has 2 aromatic heterocycles. The lowest BCUT2D eigenvalue weighted by atomic mass is 10.3. The summed E-state index contributed by atoms with van der Waals surface area (Å²) < 4.78 is 4.07. The van der Waals surface area contributed by atoms with E-state index >= 15 is 0 Å². The molecule has 0 unspecified atom stereocenters. The average Bonchev–Trinajstić information content (AvgIpc) is 3.00. The maximum Gasteiger partial charge on any atom is 0.220 e. The number of nitrogens with one attached hydrogen (secondary N) is 1. The van der Waals surface area contributed by atoms with Crippen molar-refractivity contribution in [2.24, 2.45) is 7.05 Å². The molecule has 0 saturated heterocycles. The van der Waals surface area contributed by atoms with Crippen LogP contribution >= 0.6 is 0 Å². The van der Waals surface area contributed by atoms with Gasteiger partial charge in [-0.05, 0) is 25.5 Å².